The highest BCUT2D eigenvalue weighted by Gasteiger charge is 2.45. The number of benzene rings is 1. The van der Waals surface area contributed by atoms with Gasteiger partial charge in [-0.15, -0.1) is 0 Å². The Morgan fingerprint density at radius 3 is 2.84 bits per heavy atom. The van der Waals surface area contributed by atoms with Crippen molar-refractivity contribution < 1.29 is 9.53 Å². The molecule has 0 saturated carbocycles. The molecule has 1 N–H and O–H groups in total. The van der Waals surface area contributed by atoms with Gasteiger partial charge in [0.25, 0.3) is 5.91 Å². The molecule has 174 valence electrons. The normalized spacial score (nSPS) is 30.1. The van der Waals surface area contributed by atoms with Gasteiger partial charge >= 0.3 is 0 Å². The van der Waals surface area contributed by atoms with Gasteiger partial charge in [0.15, 0.2) is 0 Å². The minimum atomic E-state index is 0.00691. The van der Waals surface area contributed by atoms with Gasteiger partial charge in [-0.3, -0.25) is 14.6 Å². The van der Waals surface area contributed by atoms with E-state index >= 15 is 0 Å². The summed E-state index contributed by atoms with van der Waals surface area (Å²) < 4.78 is 5.17. The zero-order valence-corrected chi connectivity index (χ0v) is 19.6. The molecule has 5 nitrogen and oxygen atoms in total. The van der Waals surface area contributed by atoms with Crippen molar-refractivity contribution in [2.24, 2.45) is 11.8 Å². The molecule has 4 atom stereocenters. The molecule has 1 aromatic carbocycles. The van der Waals surface area contributed by atoms with E-state index in [4.69, 9.17) is 4.74 Å². The molecule has 3 heterocycles. The molecule has 3 fully saturated rings. The van der Waals surface area contributed by atoms with Crippen LogP contribution in [0.2, 0.25) is 0 Å². The first-order valence-corrected chi connectivity index (χ1v) is 12.8. The smallest absolute Gasteiger partial charge is 0.251 e. The molecule has 0 unspecified atom stereocenters. The van der Waals surface area contributed by atoms with Gasteiger partial charge in [-0.25, -0.2) is 0 Å². The molecule has 0 radical (unpaired) electrons. The van der Waals surface area contributed by atoms with Gasteiger partial charge in [0.1, 0.15) is 5.75 Å². The average molecular weight is 438 g/mol. The molecular weight excluding hydrogens is 398 g/mol. The predicted octanol–water partition coefficient (Wildman–Crippen LogP) is 4.10. The van der Waals surface area contributed by atoms with Crippen molar-refractivity contribution in [1.82, 2.24) is 15.1 Å². The lowest BCUT2D eigenvalue weighted by Gasteiger charge is -2.55. The number of rotatable bonds is 7. The molecule has 32 heavy (non-hydrogen) atoms. The Hall–Kier alpha value is -1.85. The Morgan fingerprint density at radius 2 is 2.00 bits per heavy atom. The molecule has 0 spiro atoms. The van der Waals surface area contributed by atoms with Crippen molar-refractivity contribution in [2.75, 3.05) is 39.8 Å². The van der Waals surface area contributed by atoms with Crippen LogP contribution in [0.4, 0.5) is 0 Å². The first-order chi connectivity index (χ1) is 15.7. The second-order valence-corrected chi connectivity index (χ2v) is 10.2. The number of methoxy groups -OCH3 is 1. The number of piperidine rings is 3. The fourth-order valence-corrected chi connectivity index (χ4v) is 6.82. The number of ether oxygens (including phenoxy) is 1. The van der Waals surface area contributed by atoms with Crippen LogP contribution in [0.1, 0.15) is 61.7 Å². The molecular formula is C27H39N3O2. The van der Waals surface area contributed by atoms with Gasteiger partial charge in [-0.1, -0.05) is 18.1 Å². The molecule has 1 amide bonds. The van der Waals surface area contributed by atoms with Crippen molar-refractivity contribution in [3.63, 3.8) is 0 Å². The summed E-state index contributed by atoms with van der Waals surface area (Å²) in [5.74, 6) is 2.42. The molecule has 5 heteroatoms. The van der Waals surface area contributed by atoms with Crippen LogP contribution in [-0.4, -0.2) is 67.6 Å². The Morgan fingerprint density at radius 1 is 1.12 bits per heavy atom. The van der Waals surface area contributed by atoms with E-state index in [0.29, 0.717) is 11.6 Å². The maximum absolute atomic E-state index is 12.4. The van der Waals surface area contributed by atoms with E-state index in [2.05, 4.69) is 21.2 Å². The maximum Gasteiger partial charge on any atom is 0.251 e. The van der Waals surface area contributed by atoms with Gasteiger partial charge in [0, 0.05) is 30.7 Å². The lowest BCUT2D eigenvalue weighted by Crippen LogP contribution is -2.59. The summed E-state index contributed by atoms with van der Waals surface area (Å²) >= 11 is 0. The van der Waals surface area contributed by atoms with Crippen LogP contribution in [0.25, 0.3) is 0 Å². The fraction of sp³-hybridized carbons (Fsp3) is 0.667. The van der Waals surface area contributed by atoms with Gasteiger partial charge in [0.05, 0.1) is 7.11 Å². The molecule has 5 rings (SSSR count). The van der Waals surface area contributed by atoms with Crippen molar-refractivity contribution in [3.8, 4) is 5.75 Å². The highest BCUT2D eigenvalue weighted by Crippen LogP contribution is 2.44. The standard InChI is InChI=1S/C27H39N3O2/c1-32-24-11-9-20(10-12-24)27(31)28-13-3-5-14-29-16-6-7-21-17-22-18-23(26(21)29)19-30-15-4-2-8-25(22)30/h9-12,17,22-23,25-26H,2-8,13-16,18-19H2,1H3,(H,28,31)/t22-,23+,25+,26+/m0/s1. The third-order valence-electron chi connectivity index (χ3n) is 8.27. The average Bonchev–Trinajstić information content (AvgIpc) is 2.84. The number of likely N-dealkylation sites (tertiary alicyclic amines) is 1. The SMILES string of the molecule is COc1ccc(C(=O)NCCCCN2CCCC3=C[C@H]4C[C@H](CN5CCCC[C@H]45)[C@@H]32)cc1. The van der Waals surface area contributed by atoms with E-state index in [1.807, 2.05) is 24.3 Å². The predicted molar refractivity (Wildman–Crippen MR) is 128 cm³/mol. The second kappa shape index (κ2) is 9.96. The highest BCUT2D eigenvalue weighted by molar-refractivity contribution is 5.94. The van der Waals surface area contributed by atoms with Gasteiger partial charge in [0.2, 0.25) is 0 Å². The Labute approximate surface area is 193 Å². The van der Waals surface area contributed by atoms with Crippen molar-refractivity contribution in [1.29, 1.82) is 0 Å². The number of carbonyl (C=O) groups excluding carboxylic acids is 1. The minimum absolute atomic E-state index is 0.00691. The van der Waals surface area contributed by atoms with E-state index in [0.717, 1.165) is 49.6 Å². The van der Waals surface area contributed by atoms with Gasteiger partial charge < -0.3 is 10.1 Å². The summed E-state index contributed by atoms with van der Waals surface area (Å²) in [6.45, 7) is 5.78. The number of nitrogens with zero attached hydrogens (tertiary/aromatic N) is 2. The zero-order chi connectivity index (χ0) is 21.9. The maximum atomic E-state index is 12.4. The number of hydrogen-bond acceptors (Lipinski definition) is 4. The van der Waals surface area contributed by atoms with Crippen LogP contribution in [0.3, 0.4) is 0 Å². The van der Waals surface area contributed by atoms with Crippen LogP contribution in [0.15, 0.2) is 35.9 Å². The fourth-order valence-electron chi connectivity index (χ4n) is 6.82. The van der Waals surface area contributed by atoms with Crippen LogP contribution in [-0.2, 0) is 0 Å². The number of unbranched alkanes of at least 4 members (excludes halogenated alkanes) is 1. The summed E-state index contributed by atoms with van der Waals surface area (Å²) in [6.07, 6.45) is 13.2. The quantitative estimate of drug-likeness (QED) is 0.515. The van der Waals surface area contributed by atoms with Gasteiger partial charge in [-0.2, -0.15) is 0 Å². The Balaban J connectivity index is 1.11. The zero-order valence-electron chi connectivity index (χ0n) is 19.6. The van der Waals surface area contributed by atoms with Crippen molar-refractivity contribution in [2.45, 2.75) is 63.5 Å². The van der Waals surface area contributed by atoms with Crippen LogP contribution in [0.5, 0.6) is 5.75 Å². The number of hydrogen-bond donors (Lipinski definition) is 1. The lowest BCUT2D eigenvalue weighted by molar-refractivity contribution is -0.000934. The topological polar surface area (TPSA) is 44.8 Å². The van der Waals surface area contributed by atoms with E-state index < -0.39 is 0 Å². The Bertz CT molecular complexity index is 821. The molecule has 1 aromatic rings. The van der Waals surface area contributed by atoms with Crippen LogP contribution in [0, 0.1) is 11.8 Å². The number of nitrogens with one attached hydrogen (secondary N) is 1. The third kappa shape index (κ3) is 4.60. The molecule has 0 aromatic heterocycles. The van der Waals surface area contributed by atoms with Crippen LogP contribution < -0.4 is 10.1 Å². The molecule has 2 bridgehead atoms. The van der Waals surface area contributed by atoms with E-state index in [1.54, 1.807) is 12.7 Å². The molecule has 3 aliphatic heterocycles. The number of fused-ring (bicyclic) bond motifs is 6. The molecule has 4 aliphatic rings. The van der Waals surface area contributed by atoms with E-state index in [-0.39, 0.29) is 5.91 Å². The summed E-state index contributed by atoms with van der Waals surface area (Å²) in [4.78, 5) is 18.0. The molecule has 1 aliphatic carbocycles. The number of carbonyl (C=O) groups is 1. The minimum Gasteiger partial charge on any atom is -0.497 e. The summed E-state index contributed by atoms with van der Waals surface area (Å²) in [5, 5.41) is 3.08. The highest BCUT2D eigenvalue weighted by atomic mass is 16.5. The Kier molecular flexibility index (Phi) is 6.84. The molecule has 3 saturated heterocycles. The van der Waals surface area contributed by atoms with E-state index in [9.17, 15) is 4.79 Å². The van der Waals surface area contributed by atoms with Crippen molar-refractivity contribution >= 4 is 5.91 Å². The second-order valence-electron chi connectivity index (χ2n) is 10.2. The summed E-state index contributed by atoms with van der Waals surface area (Å²) in [5.41, 5.74) is 2.46. The van der Waals surface area contributed by atoms with E-state index in [1.165, 1.54) is 58.2 Å². The van der Waals surface area contributed by atoms with Crippen molar-refractivity contribution in [3.05, 3.63) is 41.5 Å². The summed E-state index contributed by atoms with van der Waals surface area (Å²) in [6, 6.07) is 8.83. The third-order valence-corrected chi connectivity index (χ3v) is 8.27. The van der Waals surface area contributed by atoms with Crippen LogP contribution >= 0.6 is 0 Å². The first-order valence-electron chi connectivity index (χ1n) is 12.8. The number of amides is 1. The largest absolute Gasteiger partial charge is 0.497 e. The van der Waals surface area contributed by atoms with Gasteiger partial charge in [-0.05, 0) is 101 Å². The monoisotopic (exact) mass is 437 g/mol. The lowest BCUT2D eigenvalue weighted by atomic mass is 9.68. The summed E-state index contributed by atoms with van der Waals surface area (Å²) in [7, 11) is 1.64. The first kappa shape index (κ1) is 22.0.